The molecule has 0 aliphatic carbocycles. The molecule has 0 N–H and O–H groups in total. The van der Waals surface area contributed by atoms with Crippen LogP contribution in [0, 0.1) is 13.8 Å². The second-order valence-electron chi connectivity index (χ2n) is 5.80. The minimum Gasteiger partial charge on any atom is -0.258 e. The fraction of sp³-hybridized carbons (Fsp3) is 0.0588. The van der Waals surface area contributed by atoms with Gasteiger partial charge in [0.2, 0.25) is 5.82 Å². The van der Waals surface area contributed by atoms with Crippen LogP contribution in [0.3, 0.4) is 0 Å². The molecular weight excluding hydrogens is 541 g/mol. The Kier molecular flexibility index (Phi) is 5.17. The van der Waals surface area contributed by atoms with Gasteiger partial charge in [-0.2, -0.15) is 9.90 Å². The fourth-order valence-electron chi connectivity index (χ4n) is 2.57. The lowest BCUT2D eigenvalue weighted by Crippen LogP contribution is -2.04. The molecule has 2 aromatic heterocycles. The lowest BCUT2D eigenvalue weighted by atomic mass is 10.2. The SMILES string of the molecule is O=[N+]([O-])c1ccc(Cn2nnc(-c3cn(-c4ccccc4Br)nc3I)n2)cc1. The molecule has 11 heteroatoms. The standard InChI is InChI=1S/C17H11BrIN7O2/c18-14-3-1-2-4-15(14)24-10-13(16(19)21-24)17-20-23-25(22-17)9-11-5-7-12(8-6-11)26(27)28/h1-8,10H,9H2. The van der Waals surface area contributed by atoms with Gasteiger partial charge in [-0.05, 0) is 61.4 Å². The van der Waals surface area contributed by atoms with E-state index in [1.807, 2.05) is 30.5 Å². The van der Waals surface area contributed by atoms with Gasteiger partial charge in [-0.15, -0.1) is 10.2 Å². The highest BCUT2D eigenvalue weighted by Gasteiger charge is 2.16. The van der Waals surface area contributed by atoms with Crippen LogP contribution in [0.5, 0.6) is 0 Å². The van der Waals surface area contributed by atoms with Gasteiger partial charge in [0.1, 0.15) is 3.70 Å². The van der Waals surface area contributed by atoms with E-state index in [0.717, 1.165) is 25.0 Å². The molecule has 0 aliphatic rings. The van der Waals surface area contributed by atoms with E-state index in [0.29, 0.717) is 12.4 Å². The Morgan fingerprint density at radius 2 is 1.86 bits per heavy atom. The summed E-state index contributed by atoms with van der Waals surface area (Å²) < 4.78 is 3.44. The molecule has 28 heavy (non-hydrogen) atoms. The molecule has 0 spiro atoms. The molecule has 2 heterocycles. The fourth-order valence-corrected chi connectivity index (χ4v) is 3.65. The number of aromatic nitrogens is 6. The number of rotatable bonds is 5. The Balaban J connectivity index is 1.58. The number of nitrogens with zero attached hydrogens (tertiary/aromatic N) is 7. The van der Waals surface area contributed by atoms with E-state index in [2.05, 4.69) is 59.0 Å². The molecule has 4 rings (SSSR count). The predicted molar refractivity (Wildman–Crippen MR) is 113 cm³/mol. The van der Waals surface area contributed by atoms with Crippen molar-refractivity contribution in [1.29, 1.82) is 0 Å². The smallest absolute Gasteiger partial charge is 0.258 e. The monoisotopic (exact) mass is 551 g/mol. The van der Waals surface area contributed by atoms with E-state index in [1.54, 1.807) is 16.8 Å². The van der Waals surface area contributed by atoms with Crippen LogP contribution in [0.25, 0.3) is 17.1 Å². The highest BCUT2D eigenvalue weighted by molar-refractivity contribution is 14.1. The maximum atomic E-state index is 10.7. The molecule has 140 valence electrons. The van der Waals surface area contributed by atoms with Gasteiger partial charge in [0.25, 0.3) is 5.69 Å². The first-order chi connectivity index (χ1) is 13.5. The maximum absolute atomic E-state index is 10.7. The quantitative estimate of drug-likeness (QED) is 0.212. The molecule has 0 bridgehead atoms. The third kappa shape index (κ3) is 3.80. The summed E-state index contributed by atoms with van der Waals surface area (Å²) in [6.07, 6.45) is 1.86. The van der Waals surface area contributed by atoms with Crippen molar-refractivity contribution < 1.29 is 4.92 Å². The van der Waals surface area contributed by atoms with Gasteiger partial charge in [0.15, 0.2) is 0 Å². The molecule has 4 aromatic rings. The summed E-state index contributed by atoms with van der Waals surface area (Å²) in [4.78, 5) is 11.8. The van der Waals surface area contributed by atoms with Crippen molar-refractivity contribution in [3.05, 3.63) is 78.6 Å². The minimum atomic E-state index is -0.430. The zero-order valence-electron chi connectivity index (χ0n) is 14.1. The number of hydrogen-bond donors (Lipinski definition) is 0. The van der Waals surface area contributed by atoms with E-state index in [1.165, 1.54) is 16.9 Å². The van der Waals surface area contributed by atoms with Gasteiger partial charge < -0.3 is 0 Å². The summed E-state index contributed by atoms with van der Waals surface area (Å²) in [6.45, 7) is 0.361. The van der Waals surface area contributed by atoms with Crippen molar-refractivity contribution >= 4 is 44.2 Å². The van der Waals surface area contributed by atoms with Crippen LogP contribution in [0.1, 0.15) is 5.56 Å². The number of tetrazole rings is 1. The summed E-state index contributed by atoms with van der Waals surface area (Å²) in [5, 5.41) is 27.9. The molecule has 0 amide bonds. The van der Waals surface area contributed by atoms with Crippen molar-refractivity contribution in [2.24, 2.45) is 0 Å². The van der Waals surface area contributed by atoms with Crippen LogP contribution in [-0.4, -0.2) is 34.9 Å². The van der Waals surface area contributed by atoms with Gasteiger partial charge in [0, 0.05) is 22.8 Å². The van der Waals surface area contributed by atoms with E-state index in [-0.39, 0.29) is 5.69 Å². The highest BCUT2D eigenvalue weighted by Crippen LogP contribution is 2.25. The molecule has 2 aromatic carbocycles. The molecule has 0 fully saturated rings. The van der Waals surface area contributed by atoms with E-state index in [4.69, 9.17) is 0 Å². The molecule has 0 aliphatic heterocycles. The first-order valence-corrected chi connectivity index (χ1v) is 9.90. The van der Waals surface area contributed by atoms with Gasteiger partial charge in [-0.25, -0.2) is 4.68 Å². The minimum absolute atomic E-state index is 0.0463. The number of non-ortho nitro benzene ring substituents is 1. The van der Waals surface area contributed by atoms with Gasteiger partial charge in [0.05, 0.1) is 22.7 Å². The number of para-hydroxylation sites is 1. The first-order valence-electron chi connectivity index (χ1n) is 8.03. The van der Waals surface area contributed by atoms with Gasteiger partial charge in [-0.3, -0.25) is 10.1 Å². The molecule has 0 saturated carbocycles. The third-order valence-corrected chi connectivity index (χ3v) is 5.40. The van der Waals surface area contributed by atoms with Crippen LogP contribution in [0.15, 0.2) is 59.2 Å². The van der Waals surface area contributed by atoms with Crippen LogP contribution < -0.4 is 0 Å². The van der Waals surface area contributed by atoms with Crippen LogP contribution in [0.2, 0.25) is 0 Å². The van der Waals surface area contributed by atoms with Crippen LogP contribution in [-0.2, 0) is 6.54 Å². The van der Waals surface area contributed by atoms with Crippen molar-refractivity contribution in [1.82, 2.24) is 30.0 Å². The van der Waals surface area contributed by atoms with Crippen LogP contribution >= 0.6 is 38.5 Å². The number of nitro benzene ring substituents is 1. The summed E-state index contributed by atoms with van der Waals surface area (Å²) in [7, 11) is 0. The van der Waals surface area contributed by atoms with Crippen molar-refractivity contribution in [2.45, 2.75) is 6.54 Å². The normalized spacial score (nSPS) is 10.9. The van der Waals surface area contributed by atoms with Crippen molar-refractivity contribution in [2.75, 3.05) is 0 Å². The summed E-state index contributed by atoms with van der Waals surface area (Å²) in [5.74, 6) is 0.463. The number of benzene rings is 2. The average Bonchev–Trinajstić information content (AvgIpc) is 3.29. The average molecular weight is 552 g/mol. The lowest BCUT2D eigenvalue weighted by Gasteiger charge is -2.02. The lowest BCUT2D eigenvalue weighted by molar-refractivity contribution is -0.384. The van der Waals surface area contributed by atoms with Crippen LogP contribution in [0.4, 0.5) is 5.69 Å². The Morgan fingerprint density at radius 3 is 2.57 bits per heavy atom. The van der Waals surface area contributed by atoms with Gasteiger partial charge >= 0.3 is 0 Å². The Morgan fingerprint density at radius 1 is 1.11 bits per heavy atom. The molecule has 0 atom stereocenters. The Labute approximate surface area is 180 Å². The number of hydrogen-bond acceptors (Lipinski definition) is 6. The Bertz CT molecular complexity index is 1160. The zero-order valence-corrected chi connectivity index (χ0v) is 17.8. The van der Waals surface area contributed by atoms with Crippen molar-refractivity contribution in [3.8, 4) is 17.1 Å². The third-order valence-electron chi connectivity index (χ3n) is 3.93. The molecule has 9 nitrogen and oxygen atoms in total. The largest absolute Gasteiger partial charge is 0.269 e. The second kappa shape index (κ2) is 7.75. The molecule has 0 radical (unpaired) electrons. The van der Waals surface area contributed by atoms with Gasteiger partial charge in [-0.1, -0.05) is 24.3 Å². The number of halogens is 2. The van der Waals surface area contributed by atoms with E-state index < -0.39 is 4.92 Å². The maximum Gasteiger partial charge on any atom is 0.269 e. The zero-order chi connectivity index (χ0) is 19.7. The van der Waals surface area contributed by atoms with E-state index >= 15 is 0 Å². The van der Waals surface area contributed by atoms with Crippen molar-refractivity contribution in [3.63, 3.8) is 0 Å². The predicted octanol–water partition coefficient (Wildman–Crippen LogP) is 3.85. The highest BCUT2D eigenvalue weighted by atomic mass is 127. The summed E-state index contributed by atoms with van der Waals surface area (Å²) in [5.41, 5.74) is 2.56. The topological polar surface area (TPSA) is 105 Å². The summed E-state index contributed by atoms with van der Waals surface area (Å²) in [6, 6.07) is 14.0. The first kappa shape index (κ1) is 18.7. The Hall–Kier alpha value is -2.67. The second-order valence-corrected chi connectivity index (χ2v) is 7.67. The van der Waals surface area contributed by atoms with E-state index in [9.17, 15) is 10.1 Å². The molecule has 0 saturated heterocycles. The number of nitro groups is 1. The molecule has 0 unspecified atom stereocenters. The summed E-state index contributed by atoms with van der Waals surface area (Å²) >= 11 is 5.66. The molecular formula is C17H11BrIN7O2.